The molecule has 0 unspecified atom stereocenters. The number of amides is 2. The van der Waals surface area contributed by atoms with Gasteiger partial charge in [-0.1, -0.05) is 11.6 Å². The molecule has 8 heteroatoms. The Kier molecular flexibility index (Phi) is 6.32. The fraction of sp³-hybridized carbons (Fsp3) is 0.304. The van der Waals surface area contributed by atoms with Crippen molar-refractivity contribution in [1.29, 1.82) is 0 Å². The van der Waals surface area contributed by atoms with Gasteiger partial charge in [0.05, 0.1) is 12.1 Å². The molecule has 0 aromatic heterocycles. The van der Waals surface area contributed by atoms with E-state index < -0.39 is 0 Å². The van der Waals surface area contributed by atoms with E-state index >= 15 is 0 Å². The second-order valence-electron chi connectivity index (χ2n) is 7.21. The van der Waals surface area contributed by atoms with Crippen molar-refractivity contribution < 1.29 is 23.8 Å². The van der Waals surface area contributed by atoms with E-state index in [0.717, 1.165) is 5.56 Å². The Bertz CT molecular complexity index is 998. The first-order chi connectivity index (χ1) is 15.0. The van der Waals surface area contributed by atoms with Crippen molar-refractivity contribution in [2.24, 2.45) is 0 Å². The molecule has 1 fully saturated rings. The van der Waals surface area contributed by atoms with Crippen LogP contribution in [0.1, 0.15) is 15.9 Å². The second-order valence-corrected chi connectivity index (χ2v) is 7.61. The van der Waals surface area contributed by atoms with E-state index in [1.54, 1.807) is 59.4 Å². The number of carbonyl (C=O) groups is 2. The number of piperazine rings is 1. The summed E-state index contributed by atoms with van der Waals surface area (Å²) < 4.78 is 16.2. The zero-order chi connectivity index (χ0) is 21.8. The topological polar surface area (TPSA) is 68.3 Å². The number of rotatable bonds is 4. The van der Waals surface area contributed by atoms with Crippen LogP contribution in [0.5, 0.6) is 17.2 Å². The van der Waals surface area contributed by atoms with Gasteiger partial charge >= 0.3 is 0 Å². The maximum Gasteiger partial charge on any atom is 0.253 e. The molecule has 2 aromatic carbocycles. The van der Waals surface area contributed by atoms with Crippen LogP contribution in [0.15, 0.2) is 42.5 Å². The van der Waals surface area contributed by atoms with Crippen molar-refractivity contribution in [3.8, 4) is 17.2 Å². The molecule has 0 saturated carbocycles. The van der Waals surface area contributed by atoms with Crippen LogP contribution in [0.4, 0.5) is 0 Å². The zero-order valence-electron chi connectivity index (χ0n) is 17.2. The predicted molar refractivity (Wildman–Crippen MR) is 117 cm³/mol. The van der Waals surface area contributed by atoms with Gasteiger partial charge in [-0.2, -0.15) is 0 Å². The third-order valence-corrected chi connectivity index (χ3v) is 5.53. The molecule has 2 heterocycles. The van der Waals surface area contributed by atoms with Crippen molar-refractivity contribution in [3.05, 3.63) is 58.6 Å². The molecule has 2 amide bonds. The Labute approximate surface area is 185 Å². The smallest absolute Gasteiger partial charge is 0.253 e. The molecule has 0 atom stereocenters. The molecule has 0 spiro atoms. The standard InChI is InChI=1S/C23H23ClN2O5/c1-29-18-5-3-17(4-6-18)23(28)26-10-8-25(9-11-26)21(27)7-2-16-14-19(24)22-20(15-16)30-12-13-31-22/h2-7,14-15H,8-13H2,1H3/b7-2+. The molecule has 2 aliphatic rings. The van der Waals surface area contributed by atoms with E-state index in [0.29, 0.717) is 67.2 Å². The van der Waals surface area contributed by atoms with Crippen molar-refractivity contribution >= 4 is 29.5 Å². The van der Waals surface area contributed by atoms with Gasteiger partial charge in [0.15, 0.2) is 11.5 Å². The van der Waals surface area contributed by atoms with E-state index in [1.807, 2.05) is 0 Å². The molecule has 0 bridgehead atoms. The van der Waals surface area contributed by atoms with Crippen LogP contribution in [-0.2, 0) is 4.79 Å². The highest BCUT2D eigenvalue weighted by Gasteiger charge is 2.24. The summed E-state index contributed by atoms with van der Waals surface area (Å²) in [5.41, 5.74) is 1.37. The van der Waals surface area contributed by atoms with Gasteiger partial charge in [-0.25, -0.2) is 0 Å². The van der Waals surface area contributed by atoms with Crippen molar-refractivity contribution in [3.63, 3.8) is 0 Å². The lowest BCUT2D eigenvalue weighted by atomic mass is 10.1. The van der Waals surface area contributed by atoms with E-state index in [2.05, 4.69) is 0 Å². The number of hydrogen-bond donors (Lipinski definition) is 0. The number of halogens is 1. The third kappa shape index (κ3) is 4.77. The monoisotopic (exact) mass is 442 g/mol. The molecule has 31 heavy (non-hydrogen) atoms. The minimum absolute atomic E-state index is 0.0452. The largest absolute Gasteiger partial charge is 0.497 e. The second kappa shape index (κ2) is 9.31. The minimum atomic E-state index is -0.109. The summed E-state index contributed by atoms with van der Waals surface area (Å²) in [7, 11) is 1.59. The van der Waals surface area contributed by atoms with E-state index in [4.69, 9.17) is 25.8 Å². The Hall–Kier alpha value is -3.19. The van der Waals surface area contributed by atoms with Gasteiger partial charge in [0.25, 0.3) is 5.91 Å². The van der Waals surface area contributed by atoms with Gasteiger partial charge in [0, 0.05) is 37.8 Å². The molecule has 0 N–H and O–H groups in total. The highest BCUT2D eigenvalue weighted by molar-refractivity contribution is 6.32. The Balaban J connectivity index is 1.34. The molecule has 2 aromatic rings. The first kappa shape index (κ1) is 21.1. The summed E-state index contributed by atoms with van der Waals surface area (Å²) in [6, 6.07) is 10.6. The van der Waals surface area contributed by atoms with Crippen LogP contribution in [0.25, 0.3) is 6.08 Å². The van der Waals surface area contributed by atoms with Crippen LogP contribution in [0, 0.1) is 0 Å². The van der Waals surface area contributed by atoms with Gasteiger partial charge in [-0.05, 0) is 48.0 Å². The molecule has 2 aliphatic heterocycles. The van der Waals surface area contributed by atoms with Gasteiger partial charge in [0.2, 0.25) is 5.91 Å². The van der Waals surface area contributed by atoms with Gasteiger partial charge in [0.1, 0.15) is 19.0 Å². The SMILES string of the molecule is COc1ccc(C(=O)N2CCN(C(=O)/C=C/c3cc(Cl)c4c(c3)OCCO4)CC2)cc1. The molecule has 0 aliphatic carbocycles. The Morgan fingerprint density at radius 2 is 1.68 bits per heavy atom. The zero-order valence-corrected chi connectivity index (χ0v) is 17.9. The van der Waals surface area contributed by atoms with E-state index in [9.17, 15) is 9.59 Å². The molecule has 7 nitrogen and oxygen atoms in total. The maximum absolute atomic E-state index is 12.7. The lowest BCUT2D eigenvalue weighted by molar-refractivity contribution is -0.127. The lowest BCUT2D eigenvalue weighted by Gasteiger charge is -2.34. The number of ether oxygens (including phenoxy) is 3. The molecular formula is C23H23ClN2O5. The normalized spacial score (nSPS) is 15.8. The number of fused-ring (bicyclic) bond motifs is 1. The van der Waals surface area contributed by atoms with Gasteiger partial charge in [-0.15, -0.1) is 0 Å². The molecule has 1 saturated heterocycles. The minimum Gasteiger partial charge on any atom is -0.497 e. The van der Waals surface area contributed by atoms with E-state index in [1.165, 1.54) is 6.08 Å². The Morgan fingerprint density at radius 3 is 2.39 bits per heavy atom. The molecule has 0 radical (unpaired) electrons. The molecule has 4 rings (SSSR count). The highest BCUT2D eigenvalue weighted by Crippen LogP contribution is 2.38. The van der Waals surface area contributed by atoms with Crippen LogP contribution >= 0.6 is 11.6 Å². The first-order valence-electron chi connectivity index (χ1n) is 10.0. The van der Waals surface area contributed by atoms with Gasteiger partial charge in [-0.3, -0.25) is 9.59 Å². The van der Waals surface area contributed by atoms with Crippen LogP contribution < -0.4 is 14.2 Å². The van der Waals surface area contributed by atoms with Crippen molar-refractivity contribution in [1.82, 2.24) is 9.80 Å². The van der Waals surface area contributed by atoms with Crippen LogP contribution in [0.2, 0.25) is 5.02 Å². The lowest BCUT2D eigenvalue weighted by Crippen LogP contribution is -2.50. The highest BCUT2D eigenvalue weighted by atomic mass is 35.5. The van der Waals surface area contributed by atoms with E-state index in [-0.39, 0.29) is 11.8 Å². The maximum atomic E-state index is 12.7. The summed E-state index contributed by atoms with van der Waals surface area (Å²) in [5.74, 6) is 1.67. The predicted octanol–water partition coefficient (Wildman–Crippen LogP) is 3.12. The first-order valence-corrected chi connectivity index (χ1v) is 10.4. The summed E-state index contributed by atoms with van der Waals surface area (Å²) >= 11 is 6.25. The van der Waals surface area contributed by atoms with Crippen molar-refractivity contribution in [2.45, 2.75) is 0 Å². The summed E-state index contributed by atoms with van der Waals surface area (Å²) in [6.45, 7) is 2.86. The summed E-state index contributed by atoms with van der Waals surface area (Å²) in [6.07, 6.45) is 3.23. The number of nitrogens with zero attached hydrogens (tertiary/aromatic N) is 2. The quantitative estimate of drug-likeness (QED) is 0.680. The number of methoxy groups -OCH3 is 1. The average Bonchev–Trinajstić information content (AvgIpc) is 2.82. The van der Waals surface area contributed by atoms with Gasteiger partial charge < -0.3 is 24.0 Å². The Morgan fingerprint density at radius 1 is 1.00 bits per heavy atom. The average molecular weight is 443 g/mol. The summed E-state index contributed by atoms with van der Waals surface area (Å²) in [5, 5.41) is 0.454. The number of carbonyl (C=O) groups excluding carboxylic acids is 2. The number of hydrogen-bond acceptors (Lipinski definition) is 5. The molecular weight excluding hydrogens is 420 g/mol. The fourth-order valence-corrected chi connectivity index (χ4v) is 3.82. The van der Waals surface area contributed by atoms with Crippen LogP contribution in [-0.4, -0.2) is 68.1 Å². The number of benzene rings is 2. The van der Waals surface area contributed by atoms with Crippen LogP contribution in [0.3, 0.4) is 0 Å². The summed E-state index contributed by atoms with van der Waals surface area (Å²) in [4.78, 5) is 28.8. The fourth-order valence-electron chi connectivity index (χ4n) is 3.55. The molecule has 162 valence electrons. The third-order valence-electron chi connectivity index (χ3n) is 5.25. The van der Waals surface area contributed by atoms with Crippen molar-refractivity contribution in [2.75, 3.05) is 46.5 Å².